The maximum atomic E-state index is 12.7. The third kappa shape index (κ3) is 5.04. The zero-order valence-electron chi connectivity index (χ0n) is 16.8. The molecule has 1 saturated heterocycles. The van der Waals surface area contributed by atoms with Gasteiger partial charge < -0.3 is 26.2 Å². The topological polar surface area (TPSA) is 148 Å². The quantitative estimate of drug-likeness (QED) is 0.463. The number of rotatable bonds is 6. The molecule has 0 spiro atoms. The molecule has 0 aliphatic carbocycles. The number of hydrogen-bond acceptors (Lipinski definition) is 8. The van der Waals surface area contributed by atoms with Crippen molar-refractivity contribution in [1.82, 2.24) is 31.1 Å². The SMILES string of the molecule is Nc1ncc(-c2cccc(CNC(=O)c3ccno3)c2)nc1C(=O)N[C@H]1CCCNC1. The molecule has 3 aromatic rings. The van der Waals surface area contributed by atoms with Crippen LogP contribution in [-0.2, 0) is 6.54 Å². The van der Waals surface area contributed by atoms with Crippen molar-refractivity contribution >= 4 is 17.6 Å². The molecule has 5 N–H and O–H groups in total. The second kappa shape index (κ2) is 9.35. The predicted molar refractivity (Wildman–Crippen MR) is 113 cm³/mol. The molecule has 0 saturated carbocycles. The molecule has 4 rings (SSSR count). The largest absolute Gasteiger partial charge is 0.382 e. The van der Waals surface area contributed by atoms with Gasteiger partial charge in [-0.05, 0) is 31.0 Å². The van der Waals surface area contributed by atoms with Crippen molar-refractivity contribution in [1.29, 1.82) is 0 Å². The summed E-state index contributed by atoms with van der Waals surface area (Å²) >= 11 is 0. The molecule has 1 aliphatic rings. The van der Waals surface area contributed by atoms with E-state index in [0.29, 0.717) is 5.69 Å². The van der Waals surface area contributed by atoms with Crippen LogP contribution in [-0.4, -0.2) is 46.1 Å². The fourth-order valence-corrected chi connectivity index (χ4v) is 3.38. The number of hydrogen-bond donors (Lipinski definition) is 4. The van der Waals surface area contributed by atoms with Crippen LogP contribution in [0.5, 0.6) is 0 Å². The fraction of sp³-hybridized carbons (Fsp3) is 0.286. The van der Waals surface area contributed by atoms with Crippen LogP contribution in [0, 0.1) is 0 Å². The van der Waals surface area contributed by atoms with Crippen LogP contribution in [0.2, 0.25) is 0 Å². The Kier molecular flexibility index (Phi) is 6.18. The van der Waals surface area contributed by atoms with Gasteiger partial charge in [0.05, 0.1) is 18.1 Å². The first-order valence-electron chi connectivity index (χ1n) is 10.0. The fourth-order valence-electron chi connectivity index (χ4n) is 3.38. The molecule has 10 heteroatoms. The zero-order valence-corrected chi connectivity index (χ0v) is 16.8. The summed E-state index contributed by atoms with van der Waals surface area (Å²) in [5, 5.41) is 12.5. The minimum absolute atomic E-state index is 0.0439. The molecular formula is C21H23N7O3. The third-order valence-corrected chi connectivity index (χ3v) is 4.99. The van der Waals surface area contributed by atoms with E-state index < -0.39 is 0 Å². The lowest BCUT2D eigenvalue weighted by Gasteiger charge is -2.23. The van der Waals surface area contributed by atoms with Gasteiger partial charge in [0.2, 0.25) is 5.76 Å². The molecule has 0 unspecified atom stereocenters. The van der Waals surface area contributed by atoms with Gasteiger partial charge in [-0.15, -0.1) is 0 Å². The highest BCUT2D eigenvalue weighted by molar-refractivity contribution is 5.97. The van der Waals surface area contributed by atoms with E-state index in [-0.39, 0.29) is 41.7 Å². The van der Waals surface area contributed by atoms with Crippen LogP contribution in [0.15, 0.2) is 47.2 Å². The first kappa shape index (κ1) is 20.5. The van der Waals surface area contributed by atoms with Crippen molar-refractivity contribution in [2.24, 2.45) is 0 Å². The summed E-state index contributed by atoms with van der Waals surface area (Å²) in [4.78, 5) is 33.3. The first-order chi connectivity index (χ1) is 15.1. The molecule has 2 amide bonds. The van der Waals surface area contributed by atoms with Crippen molar-refractivity contribution in [3.63, 3.8) is 0 Å². The maximum Gasteiger partial charge on any atom is 0.290 e. The average molecular weight is 421 g/mol. The molecular weight excluding hydrogens is 398 g/mol. The number of carbonyl (C=O) groups excluding carboxylic acids is 2. The predicted octanol–water partition coefficient (Wildman–Crippen LogP) is 1.13. The number of amides is 2. The highest BCUT2D eigenvalue weighted by atomic mass is 16.5. The zero-order chi connectivity index (χ0) is 21.6. The molecule has 0 radical (unpaired) electrons. The molecule has 1 aliphatic heterocycles. The summed E-state index contributed by atoms with van der Waals surface area (Å²) in [6.07, 6.45) is 4.85. The summed E-state index contributed by atoms with van der Waals surface area (Å²) in [5.41, 5.74) is 8.15. The third-order valence-electron chi connectivity index (χ3n) is 4.99. The van der Waals surface area contributed by atoms with Gasteiger partial charge in [0.1, 0.15) is 0 Å². The van der Waals surface area contributed by atoms with Crippen molar-refractivity contribution < 1.29 is 14.1 Å². The van der Waals surface area contributed by atoms with E-state index in [9.17, 15) is 9.59 Å². The van der Waals surface area contributed by atoms with Gasteiger partial charge in [-0.3, -0.25) is 9.59 Å². The van der Waals surface area contributed by atoms with E-state index >= 15 is 0 Å². The summed E-state index contributed by atoms with van der Waals surface area (Å²) in [6.45, 7) is 1.97. The van der Waals surface area contributed by atoms with Gasteiger partial charge in [-0.2, -0.15) is 0 Å². The number of benzene rings is 1. The van der Waals surface area contributed by atoms with Gasteiger partial charge >= 0.3 is 0 Å². The number of piperidine rings is 1. The van der Waals surface area contributed by atoms with Gasteiger partial charge in [0.15, 0.2) is 11.5 Å². The lowest BCUT2D eigenvalue weighted by Crippen LogP contribution is -2.46. The molecule has 2 aromatic heterocycles. The number of carbonyl (C=O) groups is 2. The Balaban J connectivity index is 1.47. The molecule has 1 fully saturated rings. The van der Waals surface area contributed by atoms with Crippen molar-refractivity contribution in [3.8, 4) is 11.3 Å². The van der Waals surface area contributed by atoms with E-state index in [2.05, 4.69) is 31.1 Å². The molecule has 31 heavy (non-hydrogen) atoms. The van der Waals surface area contributed by atoms with E-state index in [4.69, 9.17) is 10.3 Å². The summed E-state index contributed by atoms with van der Waals surface area (Å²) in [7, 11) is 0. The van der Waals surface area contributed by atoms with E-state index in [1.54, 1.807) is 0 Å². The summed E-state index contributed by atoms with van der Waals surface area (Å²) in [6, 6.07) is 8.98. The van der Waals surface area contributed by atoms with Crippen LogP contribution in [0.1, 0.15) is 39.4 Å². The Hall–Kier alpha value is -3.79. The molecule has 0 bridgehead atoms. The number of nitrogens with one attached hydrogen (secondary N) is 3. The van der Waals surface area contributed by atoms with Crippen molar-refractivity contribution in [2.75, 3.05) is 18.8 Å². The van der Waals surface area contributed by atoms with E-state index in [1.807, 2.05) is 24.3 Å². The number of anilines is 1. The second-order valence-corrected chi connectivity index (χ2v) is 7.27. The number of nitrogens with zero attached hydrogens (tertiary/aromatic N) is 3. The van der Waals surface area contributed by atoms with Crippen LogP contribution in [0.3, 0.4) is 0 Å². The van der Waals surface area contributed by atoms with Crippen LogP contribution in [0.25, 0.3) is 11.3 Å². The minimum Gasteiger partial charge on any atom is -0.382 e. The Morgan fingerprint density at radius 3 is 2.94 bits per heavy atom. The van der Waals surface area contributed by atoms with Crippen molar-refractivity contribution in [3.05, 3.63) is 59.7 Å². The normalized spacial score (nSPS) is 15.9. The summed E-state index contributed by atoms with van der Waals surface area (Å²) in [5.74, 6) is -0.466. The Morgan fingerprint density at radius 2 is 2.16 bits per heavy atom. The van der Waals surface area contributed by atoms with Crippen LogP contribution >= 0.6 is 0 Å². The highest BCUT2D eigenvalue weighted by Gasteiger charge is 2.20. The molecule has 3 heterocycles. The standard InChI is InChI=1S/C21H23N7O3/c22-19-18(21(30)27-15-5-2-7-23-11-15)28-16(12-24-19)14-4-1-3-13(9-14)10-25-20(29)17-6-8-26-31-17/h1,3-4,6,8-9,12,15,23H,2,5,7,10-11H2,(H2,22,24)(H,25,29)(H,27,30)/t15-/m0/s1. The highest BCUT2D eigenvalue weighted by Crippen LogP contribution is 2.20. The Labute approximate surface area is 178 Å². The number of aromatic nitrogens is 3. The molecule has 1 aromatic carbocycles. The lowest BCUT2D eigenvalue weighted by atomic mass is 10.1. The molecule has 160 valence electrons. The first-order valence-corrected chi connectivity index (χ1v) is 10.0. The lowest BCUT2D eigenvalue weighted by molar-refractivity contribution is 0.0910. The average Bonchev–Trinajstić information content (AvgIpc) is 3.34. The van der Waals surface area contributed by atoms with Crippen molar-refractivity contribution in [2.45, 2.75) is 25.4 Å². The number of nitrogen functional groups attached to an aromatic ring is 1. The van der Waals surface area contributed by atoms with Gasteiger partial charge in [0.25, 0.3) is 11.8 Å². The van der Waals surface area contributed by atoms with E-state index in [0.717, 1.165) is 37.1 Å². The smallest absolute Gasteiger partial charge is 0.290 e. The monoisotopic (exact) mass is 421 g/mol. The van der Waals surface area contributed by atoms with E-state index in [1.165, 1.54) is 18.5 Å². The van der Waals surface area contributed by atoms with Crippen LogP contribution < -0.4 is 21.7 Å². The van der Waals surface area contributed by atoms with Crippen LogP contribution in [0.4, 0.5) is 5.82 Å². The Morgan fingerprint density at radius 1 is 1.26 bits per heavy atom. The van der Waals surface area contributed by atoms with Gasteiger partial charge in [-0.25, -0.2) is 9.97 Å². The van der Waals surface area contributed by atoms with Gasteiger partial charge in [-0.1, -0.05) is 23.4 Å². The second-order valence-electron chi connectivity index (χ2n) is 7.27. The number of nitrogens with two attached hydrogens (primary N) is 1. The maximum absolute atomic E-state index is 12.7. The Bertz CT molecular complexity index is 1060. The summed E-state index contributed by atoms with van der Waals surface area (Å²) < 4.78 is 4.84. The minimum atomic E-state index is -0.355. The molecule has 10 nitrogen and oxygen atoms in total. The molecule has 1 atom stereocenters. The van der Waals surface area contributed by atoms with Gasteiger partial charge in [0, 0.05) is 30.8 Å².